The first-order valence-corrected chi connectivity index (χ1v) is 7.59. The van der Waals surface area contributed by atoms with E-state index in [2.05, 4.69) is 0 Å². The lowest BCUT2D eigenvalue weighted by atomic mass is 9.80. The third-order valence-electron chi connectivity index (χ3n) is 4.83. The first kappa shape index (κ1) is 14.3. The molecule has 0 aromatic heterocycles. The van der Waals surface area contributed by atoms with Crippen LogP contribution in [0.25, 0.3) is 0 Å². The zero-order valence-electron chi connectivity index (χ0n) is 12.2. The van der Waals surface area contributed by atoms with Crippen LogP contribution in [-0.2, 0) is 0 Å². The fraction of sp³-hybridized carbons (Fsp3) is 0.333. The van der Waals surface area contributed by atoms with Crippen LogP contribution in [0.1, 0.15) is 36.0 Å². The second-order valence-corrected chi connectivity index (χ2v) is 6.39. The van der Waals surface area contributed by atoms with Crippen LogP contribution < -0.4 is 4.74 Å². The van der Waals surface area contributed by atoms with Crippen LogP contribution in [0.5, 0.6) is 17.2 Å². The van der Waals surface area contributed by atoms with Crippen molar-refractivity contribution < 1.29 is 23.7 Å². The van der Waals surface area contributed by atoms with Gasteiger partial charge in [-0.1, -0.05) is 12.1 Å². The highest BCUT2D eigenvalue weighted by Crippen LogP contribution is 2.58. The van der Waals surface area contributed by atoms with Crippen molar-refractivity contribution >= 4 is 0 Å². The average Bonchev–Trinajstić information content (AvgIpc) is 2.83. The zero-order chi connectivity index (χ0) is 16.2. The maximum Gasteiger partial charge on any atom is 0.249 e. The fourth-order valence-corrected chi connectivity index (χ4v) is 3.84. The number of benzene rings is 2. The minimum absolute atomic E-state index is 0.0596. The van der Waals surface area contributed by atoms with Crippen molar-refractivity contribution in [2.75, 3.05) is 0 Å². The smallest absolute Gasteiger partial charge is 0.249 e. The van der Waals surface area contributed by atoms with Crippen molar-refractivity contribution in [1.82, 2.24) is 0 Å². The first-order valence-electron chi connectivity index (χ1n) is 7.59. The lowest BCUT2D eigenvalue weighted by Crippen LogP contribution is -2.26. The van der Waals surface area contributed by atoms with Gasteiger partial charge in [-0.25, -0.2) is 8.78 Å². The van der Waals surface area contributed by atoms with Crippen LogP contribution in [0.15, 0.2) is 42.5 Å². The van der Waals surface area contributed by atoms with Crippen LogP contribution in [0, 0.1) is 5.92 Å². The van der Waals surface area contributed by atoms with Gasteiger partial charge >= 0.3 is 0 Å². The second kappa shape index (κ2) is 4.85. The van der Waals surface area contributed by atoms with Gasteiger partial charge in [0.05, 0.1) is 0 Å². The minimum atomic E-state index is -2.74. The molecule has 1 saturated carbocycles. The molecule has 0 bridgehead atoms. The Morgan fingerprint density at radius 3 is 2.39 bits per heavy atom. The van der Waals surface area contributed by atoms with Crippen molar-refractivity contribution in [2.24, 2.45) is 5.92 Å². The number of fused-ring (bicyclic) bond motifs is 3. The Balaban J connectivity index is 1.80. The van der Waals surface area contributed by atoms with Crippen LogP contribution >= 0.6 is 0 Å². The van der Waals surface area contributed by atoms with Crippen molar-refractivity contribution in [2.45, 2.75) is 30.8 Å². The largest absolute Gasteiger partial charge is 0.508 e. The van der Waals surface area contributed by atoms with E-state index in [1.807, 2.05) is 0 Å². The van der Waals surface area contributed by atoms with Gasteiger partial charge in [-0.05, 0) is 35.9 Å². The summed E-state index contributed by atoms with van der Waals surface area (Å²) in [5.41, 5.74) is 1.43. The number of phenolic OH excluding ortho intramolecular Hbond substituents is 2. The van der Waals surface area contributed by atoms with E-state index in [-0.39, 0.29) is 36.2 Å². The lowest BCUT2D eigenvalue weighted by molar-refractivity contribution is -0.00231. The molecule has 2 N–H and O–H groups in total. The number of halogens is 2. The third kappa shape index (κ3) is 2.40. The Hall–Kier alpha value is -2.30. The zero-order valence-corrected chi connectivity index (χ0v) is 12.2. The van der Waals surface area contributed by atoms with Crippen molar-refractivity contribution in [3.8, 4) is 17.2 Å². The highest BCUT2D eigenvalue weighted by Gasteiger charge is 2.53. The van der Waals surface area contributed by atoms with Gasteiger partial charge < -0.3 is 14.9 Å². The number of phenols is 2. The van der Waals surface area contributed by atoms with Crippen LogP contribution in [-0.4, -0.2) is 16.1 Å². The molecule has 1 aliphatic carbocycles. The summed E-state index contributed by atoms with van der Waals surface area (Å²) >= 11 is 0. The molecular formula is C18H16F2O3. The molecule has 4 rings (SSSR count). The summed E-state index contributed by atoms with van der Waals surface area (Å²) in [6.07, 6.45) is -0.948. The van der Waals surface area contributed by atoms with Gasteiger partial charge in [0.1, 0.15) is 23.4 Å². The maximum atomic E-state index is 14.0. The minimum Gasteiger partial charge on any atom is -0.508 e. The van der Waals surface area contributed by atoms with Crippen molar-refractivity contribution in [1.29, 1.82) is 0 Å². The van der Waals surface area contributed by atoms with Crippen LogP contribution in [0.4, 0.5) is 8.78 Å². The Morgan fingerprint density at radius 1 is 0.957 bits per heavy atom. The van der Waals surface area contributed by atoms with Crippen molar-refractivity contribution in [3.63, 3.8) is 0 Å². The van der Waals surface area contributed by atoms with E-state index in [4.69, 9.17) is 4.74 Å². The molecule has 3 atom stereocenters. The van der Waals surface area contributed by atoms with E-state index < -0.39 is 12.0 Å². The van der Waals surface area contributed by atoms with Crippen molar-refractivity contribution in [3.05, 3.63) is 53.6 Å². The molecule has 0 radical (unpaired) electrons. The molecule has 1 fully saturated rings. The summed E-state index contributed by atoms with van der Waals surface area (Å²) < 4.78 is 34.1. The standard InChI is InChI=1S/C18H16F2O3/c19-18(20)8-14-13-7-12(22)5-6-16(13)23-17(15(14)9-18)10-1-3-11(21)4-2-10/h1-7,14-15,17,21-22H,8-9H2/t14-,15-,17-/m1/s1. The first-order chi connectivity index (χ1) is 10.9. The Kier molecular flexibility index (Phi) is 3.01. The molecule has 5 heteroatoms. The molecule has 0 unspecified atom stereocenters. The Bertz CT molecular complexity index is 742. The SMILES string of the molecule is Oc1ccc([C@H]2Oc3ccc(O)cc3[C@H]3CC(F)(F)C[C@H]32)cc1. The van der Waals surface area contributed by atoms with E-state index in [0.717, 1.165) is 5.56 Å². The topological polar surface area (TPSA) is 49.7 Å². The lowest BCUT2D eigenvalue weighted by Gasteiger charge is -2.36. The van der Waals surface area contributed by atoms with Gasteiger partial charge in [-0.2, -0.15) is 0 Å². The third-order valence-corrected chi connectivity index (χ3v) is 4.83. The predicted octanol–water partition coefficient (Wildman–Crippen LogP) is 4.36. The van der Waals surface area contributed by atoms with Gasteiger partial charge in [-0.3, -0.25) is 0 Å². The highest BCUT2D eigenvalue weighted by molar-refractivity contribution is 5.46. The predicted molar refractivity (Wildman–Crippen MR) is 80.0 cm³/mol. The number of rotatable bonds is 1. The van der Waals surface area contributed by atoms with Gasteiger partial charge in [-0.15, -0.1) is 0 Å². The Labute approximate surface area is 132 Å². The number of hydrogen-bond donors (Lipinski definition) is 2. The molecule has 0 amide bonds. The van der Waals surface area contributed by atoms with Gasteiger partial charge in [0.2, 0.25) is 5.92 Å². The maximum absolute atomic E-state index is 14.0. The molecule has 120 valence electrons. The molecule has 23 heavy (non-hydrogen) atoms. The summed E-state index contributed by atoms with van der Waals surface area (Å²) in [7, 11) is 0. The molecule has 3 nitrogen and oxygen atoms in total. The fourth-order valence-electron chi connectivity index (χ4n) is 3.84. The van der Waals surface area contributed by atoms with E-state index in [9.17, 15) is 19.0 Å². The van der Waals surface area contributed by atoms with E-state index in [1.54, 1.807) is 18.2 Å². The number of ether oxygens (including phenoxy) is 1. The van der Waals surface area contributed by atoms with Gasteiger partial charge in [0.25, 0.3) is 0 Å². The monoisotopic (exact) mass is 318 g/mol. The molecule has 0 saturated heterocycles. The second-order valence-electron chi connectivity index (χ2n) is 6.39. The summed E-state index contributed by atoms with van der Waals surface area (Å²) in [6, 6.07) is 11.1. The number of hydrogen-bond acceptors (Lipinski definition) is 3. The molecule has 1 aliphatic heterocycles. The molecule has 2 aliphatic rings. The normalized spacial score (nSPS) is 27.8. The summed E-state index contributed by atoms with van der Waals surface area (Å²) in [4.78, 5) is 0. The molecule has 0 spiro atoms. The molecule has 1 heterocycles. The quantitative estimate of drug-likeness (QED) is 0.821. The van der Waals surface area contributed by atoms with Crippen LogP contribution in [0.2, 0.25) is 0 Å². The molecule has 2 aromatic carbocycles. The van der Waals surface area contributed by atoms with E-state index in [1.165, 1.54) is 24.3 Å². The van der Waals surface area contributed by atoms with E-state index in [0.29, 0.717) is 11.3 Å². The average molecular weight is 318 g/mol. The van der Waals surface area contributed by atoms with Gasteiger partial charge in [0, 0.05) is 30.2 Å². The number of alkyl halides is 2. The van der Waals surface area contributed by atoms with Crippen LogP contribution in [0.3, 0.4) is 0 Å². The Morgan fingerprint density at radius 2 is 1.65 bits per heavy atom. The summed E-state index contributed by atoms with van der Waals surface area (Å²) in [5.74, 6) is -2.71. The summed E-state index contributed by atoms with van der Waals surface area (Å²) in [6.45, 7) is 0. The highest BCUT2D eigenvalue weighted by atomic mass is 19.3. The van der Waals surface area contributed by atoms with E-state index >= 15 is 0 Å². The van der Waals surface area contributed by atoms with Gasteiger partial charge in [0.15, 0.2) is 0 Å². The number of aromatic hydroxyl groups is 2. The summed E-state index contributed by atoms with van der Waals surface area (Å²) in [5, 5.41) is 19.1. The molecular weight excluding hydrogens is 302 g/mol. The molecule has 2 aromatic rings.